The highest BCUT2D eigenvalue weighted by Gasteiger charge is 2.39. The van der Waals surface area contributed by atoms with E-state index in [1.54, 1.807) is 0 Å². The van der Waals surface area contributed by atoms with Gasteiger partial charge in [-0.25, -0.2) is 4.57 Å². The van der Waals surface area contributed by atoms with Crippen molar-refractivity contribution in [1.82, 2.24) is 0 Å². The van der Waals surface area contributed by atoms with Gasteiger partial charge in [0.1, 0.15) is 7.05 Å². The van der Waals surface area contributed by atoms with Crippen LogP contribution in [-0.4, -0.2) is 0 Å². The molecule has 0 bridgehead atoms. The van der Waals surface area contributed by atoms with Crippen molar-refractivity contribution in [3.05, 3.63) is 77.0 Å². The van der Waals surface area contributed by atoms with Crippen LogP contribution in [0.1, 0.15) is 36.1 Å². The molecule has 1 aromatic heterocycles. The van der Waals surface area contributed by atoms with Crippen molar-refractivity contribution in [1.29, 1.82) is 0 Å². The van der Waals surface area contributed by atoms with E-state index in [9.17, 15) is 0 Å². The number of hydrogen-bond acceptors (Lipinski definition) is 0. The van der Waals surface area contributed by atoms with Gasteiger partial charge in [-0.15, -0.1) is 0 Å². The minimum Gasteiger partial charge on any atom is -0.201 e. The van der Waals surface area contributed by atoms with Crippen LogP contribution in [0.15, 0.2) is 54.7 Å². The summed E-state index contributed by atoms with van der Waals surface area (Å²) in [5.74, 6) is 0. The number of aromatic nitrogens is 1. The molecule has 1 nitrogen and oxygen atoms in total. The molecule has 0 N–H and O–H groups in total. The molecule has 0 saturated heterocycles. The zero-order valence-corrected chi connectivity index (χ0v) is 15.1. The van der Waals surface area contributed by atoms with Crippen LogP contribution in [0, 0.1) is 13.8 Å². The Bertz CT molecular complexity index is 964. The van der Waals surface area contributed by atoms with Crippen LogP contribution in [0.5, 0.6) is 0 Å². The van der Waals surface area contributed by atoms with Gasteiger partial charge in [0, 0.05) is 17.5 Å². The summed E-state index contributed by atoms with van der Waals surface area (Å²) >= 11 is 0. The third-order valence-corrected chi connectivity index (χ3v) is 5.67. The zero-order valence-electron chi connectivity index (χ0n) is 15.1. The van der Waals surface area contributed by atoms with Gasteiger partial charge in [-0.05, 0) is 53.3 Å². The van der Waals surface area contributed by atoms with Crippen molar-refractivity contribution in [3.63, 3.8) is 0 Å². The molecule has 0 unspecified atom stereocenters. The fourth-order valence-corrected chi connectivity index (χ4v) is 4.28. The Hall–Kier alpha value is -2.41. The molecule has 24 heavy (non-hydrogen) atoms. The summed E-state index contributed by atoms with van der Waals surface area (Å²) < 4.78 is 2.24. The maximum Gasteiger partial charge on any atom is 0.212 e. The van der Waals surface area contributed by atoms with E-state index in [0.29, 0.717) is 0 Å². The lowest BCUT2D eigenvalue weighted by molar-refractivity contribution is -0.660. The molecule has 1 aliphatic rings. The minimum absolute atomic E-state index is 0.0164. The summed E-state index contributed by atoms with van der Waals surface area (Å²) in [4.78, 5) is 0. The lowest BCUT2D eigenvalue weighted by atomic mass is 9.77. The SMILES string of the molecule is Cc1cc2c(c(-c3cccc[n+]3C)c1C)C(C)(C)c1ccccc1-2. The van der Waals surface area contributed by atoms with E-state index in [1.807, 2.05) is 0 Å². The second-order valence-electron chi connectivity index (χ2n) is 7.48. The van der Waals surface area contributed by atoms with Crippen molar-refractivity contribution >= 4 is 0 Å². The quantitative estimate of drug-likeness (QED) is 0.550. The summed E-state index contributed by atoms with van der Waals surface area (Å²) in [6, 6.07) is 17.7. The Morgan fingerprint density at radius 3 is 2.33 bits per heavy atom. The summed E-state index contributed by atoms with van der Waals surface area (Å²) in [6.45, 7) is 9.21. The molecule has 0 aliphatic heterocycles. The maximum absolute atomic E-state index is 2.38. The van der Waals surface area contributed by atoms with Crippen molar-refractivity contribution in [2.45, 2.75) is 33.1 Å². The fraction of sp³-hybridized carbons (Fsp3) is 0.261. The second-order valence-corrected chi connectivity index (χ2v) is 7.48. The van der Waals surface area contributed by atoms with Crippen LogP contribution < -0.4 is 4.57 Å². The van der Waals surface area contributed by atoms with Gasteiger partial charge in [0.25, 0.3) is 0 Å². The molecule has 0 amide bonds. The van der Waals surface area contributed by atoms with E-state index in [4.69, 9.17) is 0 Å². The van der Waals surface area contributed by atoms with E-state index in [-0.39, 0.29) is 5.41 Å². The van der Waals surface area contributed by atoms with Crippen molar-refractivity contribution in [2.75, 3.05) is 0 Å². The molecule has 0 atom stereocenters. The molecular formula is C23H24N+. The summed E-state index contributed by atoms with van der Waals surface area (Å²) in [5, 5.41) is 0. The number of benzene rings is 2. The summed E-state index contributed by atoms with van der Waals surface area (Å²) in [7, 11) is 2.14. The molecule has 4 rings (SSSR count). The molecular weight excluding hydrogens is 290 g/mol. The normalized spacial score (nSPS) is 14.4. The van der Waals surface area contributed by atoms with Crippen LogP contribution >= 0.6 is 0 Å². The Morgan fingerprint density at radius 2 is 1.58 bits per heavy atom. The van der Waals surface area contributed by atoms with Crippen LogP contribution in [-0.2, 0) is 12.5 Å². The number of hydrogen-bond donors (Lipinski definition) is 0. The summed E-state index contributed by atoms with van der Waals surface area (Å²) in [6.07, 6.45) is 2.14. The van der Waals surface area contributed by atoms with Crippen LogP contribution in [0.2, 0.25) is 0 Å². The number of fused-ring (bicyclic) bond motifs is 3. The third kappa shape index (κ3) is 1.91. The number of rotatable bonds is 1. The van der Waals surface area contributed by atoms with Crippen LogP contribution in [0.4, 0.5) is 0 Å². The maximum atomic E-state index is 2.38. The smallest absolute Gasteiger partial charge is 0.201 e. The number of pyridine rings is 1. The predicted octanol–water partition coefficient (Wildman–Crippen LogP) is 5.10. The predicted molar refractivity (Wildman–Crippen MR) is 100 cm³/mol. The first-order chi connectivity index (χ1) is 11.4. The Kier molecular flexibility index (Phi) is 3.18. The van der Waals surface area contributed by atoms with Gasteiger partial charge in [-0.1, -0.05) is 44.2 Å². The van der Waals surface area contributed by atoms with Gasteiger partial charge in [0.05, 0.1) is 5.56 Å². The van der Waals surface area contributed by atoms with Gasteiger partial charge in [-0.2, -0.15) is 0 Å². The molecule has 0 fully saturated rings. The number of aryl methyl sites for hydroxylation is 2. The molecule has 1 heteroatoms. The lowest BCUT2D eigenvalue weighted by Gasteiger charge is -2.25. The largest absolute Gasteiger partial charge is 0.212 e. The lowest BCUT2D eigenvalue weighted by Crippen LogP contribution is -2.31. The van der Waals surface area contributed by atoms with E-state index in [0.717, 1.165) is 0 Å². The highest BCUT2D eigenvalue weighted by molar-refractivity contribution is 5.89. The molecule has 0 radical (unpaired) electrons. The van der Waals surface area contributed by atoms with E-state index < -0.39 is 0 Å². The minimum atomic E-state index is 0.0164. The van der Waals surface area contributed by atoms with E-state index >= 15 is 0 Å². The van der Waals surface area contributed by atoms with Gasteiger partial charge >= 0.3 is 0 Å². The molecule has 2 aromatic carbocycles. The Labute approximate surface area is 144 Å². The average molecular weight is 314 g/mol. The van der Waals surface area contributed by atoms with E-state index in [2.05, 4.69) is 94.0 Å². The zero-order chi connectivity index (χ0) is 17.1. The Balaban J connectivity index is 2.16. The summed E-state index contributed by atoms with van der Waals surface area (Å²) in [5.41, 5.74) is 11.1. The molecule has 3 aromatic rings. The standard InChI is InChI=1S/C23H24N/c1-15-14-18-17-10-6-7-11-19(17)23(3,4)22(18)21(16(15)2)20-12-8-9-13-24(20)5/h6-14H,1-5H3/q+1. The average Bonchev–Trinajstić information content (AvgIpc) is 2.78. The monoisotopic (exact) mass is 314 g/mol. The van der Waals surface area contributed by atoms with Crippen LogP contribution in [0.25, 0.3) is 22.4 Å². The van der Waals surface area contributed by atoms with Crippen molar-refractivity contribution in [2.24, 2.45) is 7.05 Å². The van der Waals surface area contributed by atoms with E-state index in [1.165, 1.54) is 44.6 Å². The topological polar surface area (TPSA) is 3.88 Å². The first kappa shape index (κ1) is 15.1. The highest BCUT2D eigenvalue weighted by atomic mass is 14.9. The fourth-order valence-electron chi connectivity index (χ4n) is 4.28. The molecule has 1 heterocycles. The number of nitrogens with zero attached hydrogens (tertiary/aromatic N) is 1. The third-order valence-electron chi connectivity index (χ3n) is 5.67. The van der Waals surface area contributed by atoms with Gasteiger partial charge in [0.2, 0.25) is 5.69 Å². The van der Waals surface area contributed by atoms with Crippen molar-refractivity contribution < 1.29 is 4.57 Å². The highest BCUT2D eigenvalue weighted by Crippen LogP contribution is 2.53. The second kappa shape index (κ2) is 5.04. The van der Waals surface area contributed by atoms with Gasteiger partial charge < -0.3 is 0 Å². The van der Waals surface area contributed by atoms with Gasteiger partial charge in [0.15, 0.2) is 6.20 Å². The first-order valence-corrected chi connectivity index (χ1v) is 8.62. The molecule has 120 valence electrons. The first-order valence-electron chi connectivity index (χ1n) is 8.62. The van der Waals surface area contributed by atoms with Crippen molar-refractivity contribution in [3.8, 4) is 22.4 Å². The Morgan fingerprint density at radius 1 is 0.875 bits per heavy atom. The molecule has 0 saturated carbocycles. The van der Waals surface area contributed by atoms with Crippen LogP contribution in [0.3, 0.4) is 0 Å². The molecule has 0 spiro atoms. The molecule has 1 aliphatic carbocycles. The van der Waals surface area contributed by atoms with Gasteiger partial charge in [-0.3, -0.25) is 0 Å².